The molecule has 1 aliphatic carbocycles. The van der Waals surface area contributed by atoms with Crippen molar-refractivity contribution in [2.75, 3.05) is 12.3 Å². The SMILES string of the molecule is NCCCc1cccc(SCC2(O)CCCCC2)c1. The van der Waals surface area contributed by atoms with Gasteiger partial charge in [0.15, 0.2) is 0 Å². The number of hydrogen-bond acceptors (Lipinski definition) is 3. The van der Waals surface area contributed by atoms with Gasteiger partial charge in [0.05, 0.1) is 5.60 Å². The van der Waals surface area contributed by atoms with Crippen LogP contribution in [0.15, 0.2) is 29.2 Å². The molecular formula is C16H25NOS. The minimum absolute atomic E-state index is 0.434. The summed E-state index contributed by atoms with van der Waals surface area (Å²) < 4.78 is 0. The zero-order chi connectivity index (χ0) is 13.6. The molecule has 1 aliphatic rings. The number of nitrogens with two attached hydrogens (primary N) is 1. The van der Waals surface area contributed by atoms with E-state index in [4.69, 9.17) is 5.73 Å². The third kappa shape index (κ3) is 4.83. The topological polar surface area (TPSA) is 46.2 Å². The van der Waals surface area contributed by atoms with Gasteiger partial charge in [0.25, 0.3) is 0 Å². The lowest BCUT2D eigenvalue weighted by Gasteiger charge is -2.31. The summed E-state index contributed by atoms with van der Waals surface area (Å²) >= 11 is 1.79. The molecule has 0 unspecified atom stereocenters. The van der Waals surface area contributed by atoms with Crippen molar-refractivity contribution >= 4 is 11.8 Å². The zero-order valence-electron chi connectivity index (χ0n) is 11.6. The van der Waals surface area contributed by atoms with E-state index in [2.05, 4.69) is 24.3 Å². The molecule has 1 fully saturated rings. The van der Waals surface area contributed by atoms with Crippen LogP contribution in [0.4, 0.5) is 0 Å². The molecule has 3 N–H and O–H groups in total. The molecule has 19 heavy (non-hydrogen) atoms. The van der Waals surface area contributed by atoms with Crippen molar-refractivity contribution in [1.29, 1.82) is 0 Å². The summed E-state index contributed by atoms with van der Waals surface area (Å²) in [5.41, 5.74) is 6.47. The first-order valence-corrected chi connectivity index (χ1v) is 8.35. The van der Waals surface area contributed by atoms with Crippen molar-refractivity contribution in [3.63, 3.8) is 0 Å². The highest BCUT2D eigenvalue weighted by molar-refractivity contribution is 7.99. The van der Waals surface area contributed by atoms with Gasteiger partial charge in [-0.3, -0.25) is 0 Å². The first kappa shape index (κ1) is 14.9. The van der Waals surface area contributed by atoms with Crippen LogP contribution in [0.2, 0.25) is 0 Å². The molecule has 0 heterocycles. The first-order chi connectivity index (χ1) is 9.22. The van der Waals surface area contributed by atoms with Crippen molar-refractivity contribution in [2.45, 2.75) is 55.4 Å². The Labute approximate surface area is 120 Å². The molecule has 0 amide bonds. The summed E-state index contributed by atoms with van der Waals surface area (Å²) in [4.78, 5) is 1.27. The molecule has 0 saturated heterocycles. The van der Waals surface area contributed by atoms with Gasteiger partial charge >= 0.3 is 0 Å². The summed E-state index contributed by atoms with van der Waals surface area (Å²) in [5.74, 6) is 0.827. The van der Waals surface area contributed by atoms with Crippen LogP contribution < -0.4 is 5.73 Å². The summed E-state index contributed by atoms with van der Waals surface area (Å²) in [7, 11) is 0. The van der Waals surface area contributed by atoms with E-state index in [1.54, 1.807) is 11.8 Å². The highest BCUT2D eigenvalue weighted by atomic mass is 32.2. The van der Waals surface area contributed by atoms with E-state index in [0.29, 0.717) is 0 Å². The van der Waals surface area contributed by atoms with Gasteiger partial charge in [-0.1, -0.05) is 31.4 Å². The Kier molecular flexibility index (Phi) is 5.74. The van der Waals surface area contributed by atoms with E-state index in [9.17, 15) is 5.11 Å². The predicted molar refractivity (Wildman–Crippen MR) is 82.6 cm³/mol. The van der Waals surface area contributed by atoms with Gasteiger partial charge in [-0.15, -0.1) is 11.8 Å². The fourth-order valence-electron chi connectivity index (χ4n) is 2.67. The van der Waals surface area contributed by atoms with Crippen LogP contribution in [0.25, 0.3) is 0 Å². The van der Waals surface area contributed by atoms with Gasteiger partial charge in [-0.05, 0) is 49.9 Å². The number of aryl methyl sites for hydroxylation is 1. The molecule has 0 aliphatic heterocycles. The molecule has 0 aromatic heterocycles. The second kappa shape index (κ2) is 7.32. The van der Waals surface area contributed by atoms with Gasteiger partial charge in [0.1, 0.15) is 0 Å². The third-order valence-electron chi connectivity index (χ3n) is 3.86. The van der Waals surface area contributed by atoms with Gasteiger partial charge in [-0.25, -0.2) is 0 Å². The summed E-state index contributed by atoms with van der Waals surface area (Å²) in [6.07, 6.45) is 7.65. The molecule has 0 spiro atoms. The number of aliphatic hydroxyl groups is 1. The van der Waals surface area contributed by atoms with Gasteiger partial charge in [-0.2, -0.15) is 0 Å². The van der Waals surface area contributed by atoms with Crippen molar-refractivity contribution in [3.8, 4) is 0 Å². The summed E-state index contributed by atoms with van der Waals surface area (Å²) in [6, 6.07) is 8.66. The molecule has 1 aromatic rings. The number of rotatable bonds is 6. The second-order valence-electron chi connectivity index (χ2n) is 5.61. The maximum atomic E-state index is 10.5. The van der Waals surface area contributed by atoms with Gasteiger partial charge in [0.2, 0.25) is 0 Å². The molecule has 1 aromatic carbocycles. The van der Waals surface area contributed by atoms with E-state index in [1.807, 2.05) is 0 Å². The van der Waals surface area contributed by atoms with Crippen LogP contribution in [0.3, 0.4) is 0 Å². The Balaban J connectivity index is 1.88. The van der Waals surface area contributed by atoms with E-state index in [-0.39, 0.29) is 0 Å². The van der Waals surface area contributed by atoms with Crippen molar-refractivity contribution in [2.24, 2.45) is 5.73 Å². The highest BCUT2D eigenvalue weighted by Gasteiger charge is 2.28. The Morgan fingerprint density at radius 2 is 2.00 bits per heavy atom. The third-order valence-corrected chi connectivity index (χ3v) is 5.13. The van der Waals surface area contributed by atoms with Crippen LogP contribution in [0.5, 0.6) is 0 Å². The Hall–Kier alpha value is -0.510. The maximum Gasteiger partial charge on any atom is 0.0741 e. The first-order valence-electron chi connectivity index (χ1n) is 7.36. The lowest BCUT2D eigenvalue weighted by atomic mass is 9.86. The monoisotopic (exact) mass is 279 g/mol. The molecule has 3 heteroatoms. The van der Waals surface area contributed by atoms with E-state index >= 15 is 0 Å². The fourth-order valence-corrected chi connectivity index (χ4v) is 3.80. The molecule has 106 valence electrons. The van der Waals surface area contributed by atoms with Crippen LogP contribution in [0.1, 0.15) is 44.1 Å². The molecule has 0 atom stereocenters. The molecule has 2 rings (SSSR count). The summed E-state index contributed by atoms with van der Waals surface area (Å²) in [6.45, 7) is 0.747. The van der Waals surface area contributed by atoms with E-state index in [0.717, 1.165) is 38.0 Å². The molecule has 0 radical (unpaired) electrons. The Bertz CT molecular complexity index is 388. The maximum absolute atomic E-state index is 10.5. The van der Waals surface area contributed by atoms with Crippen molar-refractivity contribution in [1.82, 2.24) is 0 Å². The second-order valence-corrected chi connectivity index (χ2v) is 6.66. The van der Waals surface area contributed by atoms with Gasteiger partial charge < -0.3 is 10.8 Å². The van der Waals surface area contributed by atoms with E-state index in [1.165, 1.54) is 29.7 Å². The van der Waals surface area contributed by atoms with Gasteiger partial charge in [0, 0.05) is 10.6 Å². The Morgan fingerprint density at radius 1 is 1.21 bits per heavy atom. The molecule has 0 bridgehead atoms. The summed E-state index contributed by atoms with van der Waals surface area (Å²) in [5, 5.41) is 10.5. The lowest BCUT2D eigenvalue weighted by Crippen LogP contribution is -2.33. The predicted octanol–water partition coefficient (Wildman–Crippen LogP) is 3.37. The molecule has 2 nitrogen and oxygen atoms in total. The van der Waals surface area contributed by atoms with Crippen LogP contribution in [-0.4, -0.2) is 23.0 Å². The zero-order valence-corrected chi connectivity index (χ0v) is 12.4. The quantitative estimate of drug-likeness (QED) is 0.785. The minimum Gasteiger partial charge on any atom is -0.389 e. The minimum atomic E-state index is -0.434. The average Bonchev–Trinajstić information content (AvgIpc) is 2.44. The Morgan fingerprint density at radius 3 is 2.74 bits per heavy atom. The smallest absolute Gasteiger partial charge is 0.0741 e. The standard InChI is InChI=1S/C16H25NOS/c17-11-5-7-14-6-4-8-15(12-14)19-13-16(18)9-2-1-3-10-16/h4,6,8,12,18H,1-3,5,7,9-11,13,17H2. The van der Waals surface area contributed by atoms with E-state index < -0.39 is 5.60 Å². The number of benzene rings is 1. The van der Waals surface area contributed by atoms with Crippen LogP contribution >= 0.6 is 11.8 Å². The lowest BCUT2D eigenvalue weighted by molar-refractivity contribution is 0.0273. The van der Waals surface area contributed by atoms with Crippen LogP contribution in [-0.2, 0) is 6.42 Å². The fraction of sp³-hybridized carbons (Fsp3) is 0.625. The van der Waals surface area contributed by atoms with Crippen LogP contribution in [0, 0.1) is 0 Å². The molecular weight excluding hydrogens is 254 g/mol. The average molecular weight is 279 g/mol. The number of hydrogen-bond donors (Lipinski definition) is 2. The normalized spacial score (nSPS) is 18.4. The largest absolute Gasteiger partial charge is 0.389 e. The molecule has 1 saturated carbocycles. The van der Waals surface area contributed by atoms with Crippen molar-refractivity contribution < 1.29 is 5.11 Å². The van der Waals surface area contributed by atoms with Crippen molar-refractivity contribution in [3.05, 3.63) is 29.8 Å². The highest BCUT2D eigenvalue weighted by Crippen LogP contribution is 2.33. The number of thioether (sulfide) groups is 1.